The van der Waals surface area contributed by atoms with Gasteiger partial charge in [0.15, 0.2) is 26.4 Å². The molecule has 360 valence electrons. The van der Waals surface area contributed by atoms with Crippen molar-refractivity contribution in [2.75, 3.05) is 52.9 Å². The van der Waals surface area contributed by atoms with Gasteiger partial charge in [-0.2, -0.15) is 0 Å². The predicted octanol–water partition coefficient (Wildman–Crippen LogP) is 5.76. The van der Waals surface area contributed by atoms with Gasteiger partial charge in [0.25, 0.3) is 22.7 Å². The highest BCUT2D eigenvalue weighted by Crippen LogP contribution is 2.43. The quantitative estimate of drug-likeness (QED) is 0.0387. The van der Waals surface area contributed by atoms with Crippen molar-refractivity contribution in [2.24, 2.45) is 0 Å². The summed E-state index contributed by atoms with van der Waals surface area (Å²) in [5, 5.41) is 50.5. The highest BCUT2D eigenvalue weighted by atomic mass is 16.6. The second kappa shape index (κ2) is 23.1. The van der Waals surface area contributed by atoms with Gasteiger partial charge in [-0.25, -0.2) is 19.2 Å². The fourth-order valence-electron chi connectivity index (χ4n) is 7.31. The average molecular weight is 949 g/mol. The Morgan fingerprint density at radius 3 is 0.662 bits per heavy atom. The van der Waals surface area contributed by atoms with Crippen molar-refractivity contribution in [3.63, 3.8) is 0 Å². The van der Waals surface area contributed by atoms with Gasteiger partial charge in [-0.3, -0.25) is 40.5 Å². The largest absolute Gasteiger partial charge is 0.481 e. The number of rotatable bonds is 20. The zero-order valence-electron chi connectivity index (χ0n) is 37.1. The van der Waals surface area contributed by atoms with Crippen LogP contribution in [0.5, 0.6) is 23.0 Å². The summed E-state index contributed by atoms with van der Waals surface area (Å²) < 4.78 is 44.4. The van der Waals surface area contributed by atoms with Crippen molar-refractivity contribution in [1.29, 1.82) is 0 Å². The molecule has 0 spiro atoms. The minimum absolute atomic E-state index is 0.0573. The summed E-state index contributed by atoms with van der Waals surface area (Å²) >= 11 is 0. The molecule has 0 radical (unpaired) electrons. The summed E-state index contributed by atoms with van der Waals surface area (Å²) in [6.45, 7) is 2.83. The van der Waals surface area contributed by atoms with Crippen molar-refractivity contribution in [1.82, 2.24) is 0 Å². The van der Waals surface area contributed by atoms with Gasteiger partial charge < -0.3 is 37.9 Å². The molecule has 0 aliphatic heterocycles. The number of benzene rings is 4. The first-order chi connectivity index (χ1) is 32.5. The minimum atomic E-state index is -0.867. The molecule has 4 aromatic rings. The monoisotopic (exact) mass is 948 g/mol. The van der Waals surface area contributed by atoms with Crippen molar-refractivity contribution >= 4 is 46.6 Å². The molecule has 8 bridgehead atoms. The van der Waals surface area contributed by atoms with Gasteiger partial charge in [0.05, 0.1) is 46.1 Å². The van der Waals surface area contributed by atoms with Crippen LogP contribution < -0.4 is 18.9 Å². The molecule has 0 atom stereocenters. The molecule has 0 saturated heterocycles. The third-order valence-electron chi connectivity index (χ3n) is 9.84. The van der Waals surface area contributed by atoms with Gasteiger partial charge in [0.1, 0.15) is 23.0 Å². The summed E-state index contributed by atoms with van der Waals surface area (Å²) in [5.41, 5.74) is -2.97. The third-order valence-corrected chi connectivity index (χ3v) is 9.84. The molecule has 0 heterocycles. The van der Waals surface area contributed by atoms with Crippen LogP contribution in [0.25, 0.3) is 0 Å². The van der Waals surface area contributed by atoms with Crippen LogP contribution >= 0.6 is 0 Å². The van der Waals surface area contributed by atoms with Crippen molar-refractivity contribution in [3.8, 4) is 23.0 Å². The van der Waals surface area contributed by atoms with Crippen LogP contribution in [0.15, 0.2) is 48.5 Å². The third kappa shape index (κ3) is 12.9. The number of nitro groups is 4. The molecule has 0 unspecified atom stereocenters. The standard InChI is InChI=1S/C44H44N4O20/c1-5-61-37(49)21-65-41-25-9-27-15-34(46(55)56)17-29(42(27)66-22-38(50)62-6-2)11-31-19-36(48(59)60)20-32(44(31)68-24-40(52)64-8-4)12-30-18-35(47(57)58)16-28(43(30)67-23-39(51)63-7-3)10-26(41)14-33(13-25)45(53)54/h13-20H,5-12,21-24H2,1-4H3. The zero-order valence-corrected chi connectivity index (χ0v) is 37.1. The molecular formula is C44H44N4O20. The van der Waals surface area contributed by atoms with Crippen molar-refractivity contribution in [2.45, 2.75) is 53.4 Å². The van der Waals surface area contributed by atoms with Gasteiger partial charge >= 0.3 is 23.9 Å². The van der Waals surface area contributed by atoms with E-state index in [1.54, 1.807) is 0 Å². The molecule has 68 heavy (non-hydrogen) atoms. The van der Waals surface area contributed by atoms with E-state index in [1.807, 2.05) is 0 Å². The lowest BCUT2D eigenvalue weighted by Crippen LogP contribution is -2.19. The van der Waals surface area contributed by atoms with Crippen LogP contribution in [0, 0.1) is 40.5 Å². The lowest BCUT2D eigenvalue weighted by Gasteiger charge is -2.22. The lowest BCUT2D eigenvalue weighted by molar-refractivity contribution is -0.385. The number of ether oxygens (including phenoxy) is 8. The molecule has 0 amide bonds. The van der Waals surface area contributed by atoms with E-state index >= 15 is 0 Å². The van der Waals surface area contributed by atoms with E-state index in [9.17, 15) is 59.6 Å². The van der Waals surface area contributed by atoms with E-state index in [0.717, 1.165) is 48.5 Å². The highest BCUT2D eigenvalue weighted by Gasteiger charge is 2.30. The number of non-ortho nitro benzene ring substituents is 4. The van der Waals surface area contributed by atoms with Gasteiger partial charge in [-0.1, -0.05) is 0 Å². The normalized spacial score (nSPS) is 11.6. The second-order valence-electron chi connectivity index (χ2n) is 14.5. The molecule has 1 aliphatic carbocycles. The van der Waals surface area contributed by atoms with Gasteiger partial charge in [0, 0.05) is 119 Å². The summed E-state index contributed by atoms with van der Waals surface area (Å²) in [6.07, 6.45) is -2.12. The Morgan fingerprint density at radius 1 is 0.368 bits per heavy atom. The van der Waals surface area contributed by atoms with Crippen LogP contribution in [0.3, 0.4) is 0 Å². The van der Waals surface area contributed by atoms with Gasteiger partial charge in [-0.05, 0) is 27.7 Å². The first-order valence-corrected chi connectivity index (χ1v) is 20.8. The Bertz CT molecular complexity index is 2200. The number of hydrogen-bond acceptors (Lipinski definition) is 20. The summed E-state index contributed by atoms with van der Waals surface area (Å²) in [7, 11) is 0. The second-order valence-corrected chi connectivity index (χ2v) is 14.5. The van der Waals surface area contributed by atoms with Crippen LogP contribution in [0.4, 0.5) is 22.7 Å². The number of carbonyl (C=O) groups is 4. The Kier molecular flexibility index (Phi) is 17.2. The maximum Gasteiger partial charge on any atom is 0.344 e. The highest BCUT2D eigenvalue weighted by molar-refractivity contribution is 5.74. The number of fused-ring (bicyclic) bond motifs is 8. The summed E-state index contributed by atoms with van der Waals surface area (Å²) in [6, 6.07) is 8.49. The van der Waals surface area contributed by atoms with Crippen LogP contribution in [-0.4, -0.2) is 96.4 Å². The van der Waals surface area contributed by atoms with E-state index in [-0.39, 0.29) is 93.9 Å². The van der Waals surface area contributed by atoms with E-state index in [0.29, 0.717) is 0 Å². The molecule has 0 saturated carbocycles. The fourth-order valence-corrected chi connectivity index (χ4v) is 7.31. The predicted molar refractivity (Wildman–Crippen MR) is 232 cm³/mol. The van der Waals surface area contributed by atoms with E-state index in [1.165, 1.54) is 27.7 Å². The molecule has 24 nitrogen and oxygen atoms in total. The molecule has 0 aromatic heterocycles. The number of nitro benzene ring substituents is 4. The van der Waals surface area contributed by atoms with E-state index in [2.05, 4.69) is 0 Å². The molecule has 0 fully saturated rings. The number of hydrogen-bond donors (Lipinski definition) is 0. The van der Waals surface area contributed by atoms with Crippen LogP contribution in [0.1, 0.15) is 72.2 Å². The topological polar surface area (TPSA) is 315 Å². The maximum atomic E-state index is 12.8. The first-order valence-electron chi connectivity index (χ1n) is 20.8. The fraction of sp³-hybridized carbons (Fsp3) is 0.364. The molecule has 0 N–H and O–H groups in total. The molecular weight excluding hydrogens is 904 g/mol. The van der Waals surface area contributed by atoms with E-state index < -0.39 is 118 Å². The first kappa shape index (κ1) is 50.6. The molecule has 1 aliphatic rings. The summed E-state index contributed by atoms with van der Waals surface area (Å²) in [5.74, 6) is -4.30. The Morgan fingerprint density at radius 2 is 0.529 bits per heavy atom. The number of carbonyl (C=O) groups excluding carboxylic acids is 4. The average Bonchev–Trinajstić information content (AvgIpc) is 3.27. The van der Waals surface area contributed by atoms with Gasteiger partial charge in [0.2, 0.25) is 0 Å². The maximum absolute atomic E-state index is 12.8. The minimum Gasteiger partial charge on any atom is -0.481 e. The molecule has 5 rings (SSSR count). The summed E-state index contributed by atoms with van der Waals surface area (Å²) in [4.78, 5) is 98.5. The number of esters is 4. The van der Waals surface area contributed by atoms with Crippen LogP contribution in [0.2, 0.25) is 0 Å². The van der Waals surface area contributed by atoms with Crippen molar-refractivity contribution in [3.05, 3.63) is 133 Å². The van der Waals surface area contributed by atoms with Crippen LogP contribution in [-0.2, 0) is 63.8 Å². The van der Waals surface area contributed by atoms with Gasteiger partial charge in [-0.15, -0.1) is 0 Å². The lowest BCUT2D eigenvalue weighted by atomic mass is 9.90. The molecule has 24 heteroatoms. The SMILES string of the molecule is CCOC(=O)COc1c2cc([N+](=O)[O-])cc1Cc1cc([N+](=O)[O-])cc(c1OCC(=O)OCC)Cc1cc([N+](=O)[O-])cc(c1OCC(=O)OCC)Cc1cc([N+](=O)[O-])cc(c1OCC(=O)OCC)C2. The van der Waals surface area contributed by atoms with Crippen molar-refractivity contribution < 1.29 is 76.8 Å². The molecule has 4 aromatic carbocycles. The van der Waals surface area contributed by atoms with E-state index in [4.69, 9.17) is 37.9 Å². The zero-order chi connectivity index (χ0) is 49.7. The Balaban J connectivity index is 1.98. The smallest absolute Gasteiger partial charge is 0.344 e. The Hall–Kier alpha value is -8.44. The number of nitrogens with zero attached hydrogens (tertiary/aromatic N) is 4. The Labute approximate surface area is 385 Å².